The highest BCUT2D eigenvalue weighted by atomic mass is 16.2. The highest BCUT2D eigenvalue weighted by molar-refractivity contribution is 6.25. The van der Waals surface area contributed by atoms with Crippen molar-refractivity contribution in [2.45, 2.75) is 5.92 Å². The Morgan fingerprint density at radius 3 is 2.58 bits per heavy atom. The van der Waals surface area contributed by atoms with E-state index in [1.165, 1.54) is 0 Å². The zero-order valence-corrected chi connectivity index (χ0v) is 14.2. The highest BCUT2D eigenvalue weighted by Gasteiger charge is 2.32. The van der Waals surface area contributed by atoms with Gasteiger partial charge in [0.25, 0.3) is 5.91 Å². The number of allylic oxidation sites excluding steroid dienone is 1. The zero-order chi connectivity index (χ0) is 18.1. The number of rotatable bonds is 4. The van der Waals surface area contributed by atoms with Crippen molar-refractivity contribution in [3.8, 4) is 0 Å². The molecule has 0 saturated carbocycles. The van der Waals surface area contributed by atoms with Crippen LogP contribution in [-0.2, 0) is 4.79 Å². The minimum absolute atomic E-state index is 0.0576. The first kappa shape index (κ1) is 16.3. The van der Waals surface area contributed by atoms with Crippen molar-refractivity contribution in [2.24, 2.45) is 5.73 Å². The number of aromatic nitrogens is 1. The van der Waals surface area contributed by atoms with Crippen LogP contribution in [0, 0.1) is 0 Å². The topological polar surface area (TPSA) is 77.1 Å². The van der Waals surface area contributed by atoms with Crippen LogP contribution in [-0.4, -0.2) is 29.5 Å². The van der Waals surface area contributed by atoms with E-state index in [0.29, 0.717) is 24.4 Å². The van der Waals surface area contributed by atoms with Crippen LogP contribution in [0.3, 0.4) is 0 Å². The Hall–Kier alpha value is -3.18. The quantitative estimate of drug-likeness (QED) is 0.763. The number of nitrogens with one attached hydrogen (secondary N) is 1. The summed E-state index contributed by atoms with van der Waals surface area (Å²) in [4.78, 5) is 25.9. The summed E-state index contributed by atoms with van der Waals surface area (Å²) in [5, 5.41) is 4.65. The molecule has 26 heavy (non-hydrogen) atoms. The first-order valence-electron chi connectivity index (χ1n) is 8.60. The van der Waals surface area contributed by atoms with Gasteiger partial charge in [-0.2, -0.15) is 0 Å². The summed E-state index contributed by atoms with van der Waals surface area (Å²) in [6, 6.07) is 17.2. The second-order valence-electron chi connectivity index (χ2n) is 6.29. The molecule has 0 saturated heterocycles. The summed E-state index contributed by atoms with van der Waals surface area (Å²) in [5.41, 5.74) is 7.54. The third-order valence-electron chi connectivity index (χ3n) is 4.65. The minimum Gasteiger partial charge on any atom is -0.351 e. The van der Waals surface area contributed by atoms with Gasteiger partial charge in [0, 0.05) is 30.1 Å². The molecule has 0 bridgehead atoms. The molecule has 3 aromatic rings. The number of nitrogens with two attached hydrogens (primary N) is 1. The van der Waals surface area contributed by atoms with Gasteiger partial charge in [0.05, 0.1) is 17.2 Å². The molecule has 1 unspecified atom stereocenters. The van der Waals surface area contributed by atoms with Gasteiger partial charge in [-0.05, 0) is 5.56 Å². The molecule has 1 aromatic heterocycles. The summed E-state index contributed by atoms with van der Waals surface area (Å²) < 4.78 is 1.61. The van der Waals surface area contributed by atoms with Gasteiger partial charge < -0.3 is 11.1 Å². The van der Waals surface area contributed by atoms with Crippen LogP contribution in [0.25, 0.3) is 16.3 Å². The summed E-state index contributed by atoms with van der Waals surface area (Å²) in [6.07, 6.45) is 3.58. The minimum atomic E-state index is -0.496. The molecule has 0 spiro atoms. The molecule has 5 nitrogen and oxygen atoms in total. The monoisotopic (exact) mass is 345 g/mol. The van der Waals surface area contributed by atoms with Gasteiger partial charge in [-0.1, -0.05) is 60.7 Å². The van der Waals surface area contributed by atoms with Crippen LogP contribution in [0.2, 0.25) is 0 Å². The molecule has 3 N–H and O–H groups in total. The van der Waals surface area contributed by atoms with Crippen molar-refractivity contribution < 1.29 is 9.59 Å². The molecule has 0 radical (unpaired) electrons. The standard InChI is InChI=1S/C21H19N3O2/c22-10-11-23-20(25)18-12-17(14-6-2-1-3-7-14)21(26)24-13-15-8-4-5-9-16(15)19(18)24/h1-9,12-13,17H,10-11,22H2,(H,23,25). The Kier molecular flexibility index (Phi) is 4.14. The highest BCUT2D eigenvalue weighted by Crippen LogP contribution is 2.36. The molecule has 1 aliphatic heterocycles. The first-order chi connectivity index (χ1) is 12.7. The molecule has 0 aliphatic carbocycles. The predicted octanol–water partition coefficient (Wildman–Crippen LogP) is 2.54. The average molecular weight is 345 g/mol. The molecule has 1 atom stereocenters. The van der Waals surface area contributed by atoms with E-state index < -0.39 is 5.92 Å². The van der Waals surface area contributed by atoms with Crippen LogP contribution < -0.4 is 11.1 Å². The van der Waals surface area contributed by atoms with Gasteiger partial charge in [0.2, 0.25) is 5.91 Å². The molecule has 130 valence electrons. The van der Waals surface area contributed by atoms with E-state index in [1.807, 2.05) is 60.8 Å². The van der Waals surface area contributed by atoms with Gasteiger partial charge in [-0.3, -0.25) is 14.2 Å². The maximum absolute atomic E-state index is 13.1. The molecule has 4 rings (SSSR count). The lowest BCUT2D eigenvalue weighted by Crippen LogP contribution is -2.33. The molecule has 0 fully saturated rings. The van der Waals surface area contributed by atoms with Gasteiger partial charge in [0.15, 0.2) is 0 Å². The van der Waals surface area contributed by atoms with Gasteiger partial charge in [-0.15, -0.1) is 0 Å². The Morgan fingerprint density at radius 2 is 1.81 bits per heavy atom. The second kappa shape index (κ2) is 6.61. The lowest BCUT2D eigenvalue weighted by molar-refractivity contribution is -0.115. The summed E-state index contributed by atoms with van der Waals surface area (Å²) >= 11 is 0. The average Bonchev–Trinajstić information content (AvgIpc) is 3.07. The number of hydrogen-bond acceptors (Lipinski definition) is 3. The predicted molar refractivity (Wildman–Crippen MR) is 102 cm³/mol. The van der Waals surface area contributed by atoms with E-state index in [0.717, 1.165) is 16.3 Å². The summed E-state index contributed by atoms with van der Waals surface area (Å²) in [6.45, 7) is 0.751. The van der Waals surface area contributed by atoms with Crippen LogP contribution in [0.4, 0.5) is 0 Å². The van der Waals surface area contributed by atoms with Gasteiger partial charge >= 0.3 is 0 Å². The number of carbonyl (C=O) groups excluding carboxylic acids is 2. The van der Waals surface area contributed by atoms with Crippen molar-refractivity contribution in [2.75, 3.05) is 13.1 Å². The fraction of sp³-hybridized carbons (Fsp3) is 0.143. The number of nitrogens with zero attached hydrogens (tertiary/aromatic N) is 1. The molecule has 1 amide bonds. The van der Waals surface area contributed by atoms with Gasteiger partial charge in [-0.25, -0.2) is 0 Å². The van der Waals surface area contributed by atoms with Gasteiger partial charge in [0.1, 0.15) is 0 Å². The summed E-state index contributed by atoms with van der Waals surface area (Å²) in [7, 11) is 0. The van der Waals surface area contributed by atoms with E-state index in [-0.39, 0.29) is 11.8 Å². The zero-order valence-electron chi connectivity index (χ0n) is 14.2. The number of hydrogen-bond donors (Lipinski definition) is 2. The lowest BCUT2D eigenvalue weighted by atomic mass is 9.90. The van der Waals surface area contributed by atoms with Crippen LogP contribution in [0.5, 0.6) is 0 Å². The maximum atomic E-state index is 13.1. The van der Waals surface area contributed by atoms with Crippen LogP contribution in [0.1, 0.15) is 22.0 Å². The van der Waals surface area contributed by atoms with E-state index in [2.05, 4.69) is 5.32 Å². The number of carbonyl (C=O) groups is 2. The maximum Gasteiger partial charge on any atom is 0.253 e. The summed E-state index contributed by atoms with van der Waals surface area (Å²) in [5.74, 6) is -0.768. The van der Waals surface area contributed by atoms with Crippen molar-refractivity contribution >= 4 is 28.2 Å². The third-order valence-corrected chi connectivity index (χ3v) is 4.65. The van der Waals surface area contributed by atoms with Crippen molar-refractivity contribution in [3.63, 3.8) is 0 Å². The largest absolute Gasteiger partial charge is 0.351 e. The van der Waals surface area contributed by atoms with Crippen molar-refractivity contribution in [1.29, 1.82) is 0 Å². The fourth-order valence-corrected chi connectivity index (χ4v) is 3.44. The van der Waals surface area contributed by atoms with Crippen molar-refractivity contribution in [1.82, 2.24) is 9.88 Å². The molecule has 2 heterocycles. The Labute approximate surface area is 151 Å². The Bertz CT molecular complexity index is 1020. The smallest absolute Gasteiger partial charge is 0.253 e. The molecule has 5 heteroatoms. The third kappa shape index (κ3) is 2.62. The lowest BCUT2D eigenvalue weighted by Gasteiger charge is -2.23. The Balaban J connectivity index is 1.90. The molecular weight excluding hydrogens is 326 g/mol. The van der Waals surface area contributed by atoms with Crippen molar-refractivity contribution in [3.05, 3.63) is 78.1 Å². The van der Waals surface area contributed by atoms with E-state index >= 15 is 0 Å². The fourth-order valence-electron chi connectivity index (χ4n) is 3.44. The number of amides is 1. The SMILES string of the molecule is NCCNC(=O)C1=CC(c2ccccc2)C(=O)n2cc3ccccc3c21. The second-order valence-corrected chi connectivity index (χ2v) is 6.29. The van der Waals surface area contributed by atoms with Crippen LogP contribution >= 0.6 is 0 Å². The normalized spacial score (nSPS) is 16.3. The molecule has 2 aromatic carbocycles. The van der Waals surface area contributed by atoms with E-state index in [9.17, 15) is 9.59 Å². The molecular formula is C21H19N3O2. The Morgan fingerprint density at radius 1 is 1.08 bits per heavy atom. The van der Waals surface area contributed by atoms with E-state index in [1.54, 1.807) is 10.6 Å². The number of fused-ring (bicyclic) bond motifs is 3. The molecule has 1 aliphatic rings. The van der Waals surface area contributed by atoms with Crippen LogP contribution in [0.15, 0.2) is 66.9 Å². The first-order valence-corrected chi connectivity index (χ1v) is 8.60. The van der Waals surface area contributed by atoms with E-state index in [4.69, 9.17) is 5.73 Å². The number of benzene rings is 2.